The zero-order chi connectivity index (χ0) is 15.8. The lowest BCUT2D eigenvalue weighted by molar-refractivity contribution is 0.0588. The van der Waals surface area contributed by atoms with Crippen molar-refractivity contribution in [2.45, 2.75) is 58.9 Å². The van der Waals surface area contributed by atoms with Crippen LogP contribution >= 0.6 is 0 Å². The highest BCUT2D eigenvalue weighted by molar-refractivity contribution is 5.95. The lowest BCUT2D eigenvalue weighted by Crippen LogP contribution is -2.44. The minimum absolute atomic E-state index is 0.0778. The number of carbonyl (C=O) groups excluding carboxylic acids is 1. The van der Waals surface area contributed by atoms with Crippen LogP contribution in [0.1, 0.15) is 63.5 Å². The number of aromatic nitrogens is 1. The van der Waals surface area contributed by atoms with Crippen LogP contribution in [-0.4, -0.2) is 28.4 Å². The summed E-state index contributed by atoms with van der Waals surface area (Å²) < 4.78 is 0. The summed E-state index contributed by atoms with van der Waals surface area (Å²) in [5, 5.41) is 0. The molecule has 1 aromatic heterocycles. The smallest absolute Gasteiger partial charge is 0.254 e. The van der Waals surface area contributed by atoms with Gasteiger partial charge in [-0.3, -0.25) is 4.79 Å². The van der Waals surface area contributed by atoms with E-state index in [4.69, 9.17) is 5.73 Å². The van der Waals surface area contributed by atoms with Gasteiger partial charge < -0.3 is 10.6 Å². The molecule has 4 nitrogen and oxygen atoms in total. The monoisotopic (exact) mass is 289 g/mol. The number of nitrogen functional groups attached to an aromatic ring is 1. The summed E-state index contributed by atoms with van der Waals surface area (Å²) >= 11 is 0. The van der Waals surface area contributed by atoms with Crippen molar-refractivity contribution in [2.24, 2.45) is 5.92 Å². The molecule has 1 aliphatic rings. The van der Waals surface area contributed by atoms with Crippen molar-refractivity contribution in [3.63, 3.8) is 0 Å². The molecule has 2 atom stereocenters. The molecule has 2 heterocycles. The Balaban J connectivity index is 2.29. The summed E-state index contributed by atoms with van der Waals surface area (Å²) in [6.07, 6.45) is 2.14. The summed E-state index contributed by atoms with van der Waals surface area (Å²) in [4.78, 5) is 19.1. The highest BCUT2D eigenvalue weighted by atomic mass is 16.2. The van der Waals surface area contributed by atoms with E-state index in [1.54, 1.807) is 6.07 Å². The number of carbonyl (C=O) groups is 1. The Hall–Kier alpha value is -1.58. The number of hydrogen-bond acceptors (Lipinski definition) is 3. The van der Waals surface area contributed by atoms with Crippen molar-refractivity contribution in [3.8, 4) is 0 Å². The first kappa shape index (κ1) is 15.8. The van der Waals surface area contributed by atoms with Crippen molar-refractivity contribution in [3.05, 3.63) is 23.4 Å². The molecule has 0 saturated carbocycles. The first-order valence-electron chi connectivity index (χ1n) is 7.77. The third-order valence-corrected chi connectivity index (χ3v) is 4.26. The van der Waals surface area contributed by atoms with Crippen LogP contribution in [0.2, 0.25) is 0 Å². The summed E-state index contributed by atoms with van der Waals surface area (Å²) in [5.41, 5.74) is 7.31. The second kappa shape index (κ2) is 5.66. The van der Waals surface area contributed by atoms with Gasteiger partial charge in [0.2, 0.25) is 0 Å². The van der Waals surface area contributed by atoms with Gasteiger partial charge in [0.05, 0.1) is 0 Å². The zero-order valence-electron chi connectivity index (χ0n) is 13.8. The maximum Gasteiger partial charge on any atom is 0.254 e. The van der Waals surface area contributed by atoms with Crippen molar-refractivity contribution >= 4 is 11.7 Å². The fourth-order valence-corrected chi connectivity index (χ4v) is 2.93. The maximum atomic E-state index is 12.8. The highest BCUT2D eigenvalue weighted by Crippen LogP contribution is 2.26. The Kier molecular flexibility index (Phi) is 4.26. The molecule has 4 heteroatoms. The third kappa shape index (κ3) is 3.55. The lowest BCUT2D eigenvalue weighted by Gasteiger charge is -2.36. The normalized spacial score (nSPS) is 23.2. The summed E-state index contributed by atoms with van der Waals surface area (Å²) in [6, 6.07) is 3.87. The highest BCUT2D eigenvalue weighted by Gasteiger charge is 2.28. The Morgan fingerprint density at radius 3 is 2.57 bits per heavy atom. The van der Waals surface area contributed by atoms with Gasteiger partial charge in [-0.1, -0.05) is 27.7 Å². The Morgan fingerprint density at radius 2 is 2.00 bits per heavy atom. The molecule has 0 spiro atoms. The predicted molar refractivity (Wildman–Crippen MR) is 86.2 cm³/mol. The number of likely N-dealkylation sites (tertiary alicyclic amines) is 1. The molecule has 1 fully saturated rings. The average Bonchev–Trinajstić information content (AvgIpc) is 2.36. The molecule has 21 heavy (non-hydrogen) atoms. The number of nitrogens with zero attached hydrogens (tertiary/aromatic N) is 2. The van der Waals surface area contributed by atoms with Gasteiger partial charge in [0, 0.05) is 29.3 Å². The molecule has 1 aliphatic heterocycles. The van der Waals surface area contributed by atoms with E-state index in [0.717, 1.165) is 25.1 Å². The summed E-state index contributed by atoms with van der Waals surface area (Å²) in [6.45, 7) is 11.4. The number of anilines is 1. The molecule has 0 bridgehead atoms. The maximum absolute atomic E-state index is 12.8. The number of piperidine rings is 1. The number of nitrogens with two attached hydrogens (primary N) is 1. The van der Waals surface area contributed by atoms with Crippen LogP contribution in [-0.2, 0) is 5.41 Å². The molecule has 0 radical (unpaired) electrons. The second-order valence-electron chi connectivity index (χ2n) is 7.39. The standard InChI is InChI=1S/C17H27N3O/c1-11-6-7-20(12(2)8-11)16(21)13-9-14(17(3,4)5)19-15(18)10-13/h9-12H,6-8H2,1-5H3,(H2,18,19). The van der Waals surface area contributed by atoms with E-state index in [0.29, 0.717) is 17.3 Å². The topological polar surface area (TPSA) is 59.2 Å². The Morgan fingerprint density at radius 1 is 1.33 bits per heavy atom. The minimum Gasteiger partial charge on any atom is -0.384 e. The van der Waals surface area contributed by atoms with Gasteiger partial charge in [-0.15, -0.1) is 0 Å². The van der Waals surface area contributed by atoms with Crippen molar-refractivity contribution in [1.82, 2.24) is 9.88 Å². The van der Waals surface area contributed by atoms with Crippen LogP contribution in [0.4, 0.5) is 5.82 Å². The van der Waals surface area contributed by atoms with Crippen molar-refractivity contribution in [2.75, 3.05) is 12.3 Å². The molecule has 1 aromatic rings. The van der Waals surface area contributed by atoms with E-state index in [-0.39, 0.29) is 17.4 Å². The number of hydrogen-bond donors (Lipinski definition) is 1. The van der Waals surface area contributed by atoms with E-state index in [2.05, 4.69) is 39.6 Å². The van der Waals surface area contributed by atoms with E-state index in [1.807, 2.05) is 11.0 Å². The largest absolute Gasteiger partial charge is 0.384 e. The molecule has 1 saturated heterocycles. The van der Waals surface area contributed by atoms with E-state index in [9.17, 15) is 4.79 Å². The van der Waals surface area contributed by atoms with Gasteiger partial charge in [-0.2, -0.15) is 0 Å². The molecular weight excluding hydrogens is 262 g/mol. The number of amides is 1. The van der Waals surface area contributed by atoms with Gasteiger partial charge in [-0.25, -0.2) is 4.98 Å². The molecule has 2 unspecified atom stereocenters. The predicted octanol–water partition coefficient (Wildman–Crippen LogP) is 3.22. The summed E-state index contributed by atoms with van der Waals surface area (Å²) in [7, 11) is 0. The Bertz CT molecular complexity index is 533. The summed E-state index contributed by atoms with van der Waals surface area (Å²) in [5.74, 6) is 1.19. The quantitative estimate of drug-likeness (QED) is 0.863. The number of pyridine rings is 1. The molecule has 0 aromatic carbocycles. The van der Waals surface area contributed by atoms with Gasteiger partial charge >= 0.3 is 0 Å². The lowest BCUT2D eigenvalue weighted by atomic mass is 9.90. The Labute approximate surface area is 127 Å². The van der Waals surface area contributed by atoms with E-state index in [1.165, 1.54) is 0 Å². The first-order chi connectivity index (χ1) is 9.68. The molecule has 2 N–H and O–H groups in total. The van der Waals surface area contributed by atoms with Gasteiger partial charge in [0.15, 0.2) is 0 Å². The van der Waals surface area contributed by atoms with Crippen LogP contribution in [0.3, 0.4) is 0 Å². The van der Waals surface area contributed by atoms with Crippen LogP contribution in [0.25, 0.3) is 0 Å². The van der Waals surface area contributed by atoms with E-state index >= 15 is 0 Å². The fraction of sp³-hybridized carbons (Fsp3) is 0.647. The van der Waals surface area contributed by atoms with Gasteiger partial charge in [-0.05, 0) is 37.8 Å². The third-order valence-electron chi connectivity index (χ3n) is 4.26. The molecule has 2 rings (SSSR count). The van der Waals surface area contributed by atoms with Crippen LogP contribution in [0.15, 0.2) is 12.1 Å². The molecular formula is C17H27N3O. The van der Waals surface area contributed by atoms with Gasteiger partial charge in [0.25, 0.3) is 5.91 Å². The second-order valence-corrected chi connectivity index (χ2v) is 7.39. The average molecular weight is 289 g/mol. The van der Waals surface area contributed by atoms with Crippen LogP contribution in [0, 0.1) is 5.92 Å². The first-order valence-corrected chi connectivity index (χ1v) is 7.77. The number of rotatable bonds is 1. The molecule has 116 valence electrons. The van der Waals surface area contributed by atoms with Crippen molar-refractivity contribution < 1.29 is 4.79 Å². The fourth-order valence-electron chi connectivity index (χ4n) is 2.93. The van der Waals surface area contributed by atoms with Crippen LogP contribution in [0.5, 0.6) is 0 Å². The molecule has 1 amide bonds. The molecule has 0 aliphatic carbocycles. The van der Waals surface area contributed by atoms with Gasteiger partial charge in [0.1, 0.15) is 5.82 Å². The minimum atomic E-state index is -0.119. The zero-order valence-corrected chi connectivity index (χ0v) is 13.8. The van der Waals surface area contributed by atoms with E-state index < -0.39 is 0 Å². The van der Waals surface area contributed by atoms with Crippen LogP contribution < -0.4 is 5.73 Å². The van der Waals surface area contributed by atoms with Crippen molar-refractivity contribution in [1.29, 1.82) is 0 Å². The SMILES string of the molecule is CC1CCN(C(=O)c2cc(N)nc(C(C)(C)C)c2)C(C)C1.